The Kier molecular flexibility index (Phi) is 14.9. The molecule has 0 aromatic heterocycles. The van der Waals surface area contributed by atoms with E-state index >= 15 is 0 Å². The first-order valence-electron chi connectivity index (χ1n) is 9.00. The number of esters is 1. The van der Waals surface area contributed by atoms with Crippen molar-refractivity contribution in [1.82, 2.24) is 0 Å². The van der Waals surface area contributed by atoms with E-state index in [0.29, 0.717) is 6.42 Å². The predicted octanol–water partition coefficient (Wildman–Crippen LogP) is 4.35. The molecule has 1 atom stereocenters. The Labute approximate surface area is 141 Å². The van der Waals surface area contributed by atoms with Gasteiger partial charge in [-0.1, -0.05) is 51.0 Å². The van der Waals surface area contributed by atoms with E-state index in [9.17, 15) is 14.7 Å². The number of allylic oxidation sites excluding steroid dienone is 1. The second-order valence-corrected chi connectivity index (χ2v) is 6.21. The number of aliphatic hydroxyl groups is 1. The molecule has 134 valence electrons. The average molecular weight is 326 g/mol. The van der Waals surface area contributed by atoms with Crippen molar-refractivity contribution in [2.45, 2.75) is 90.1 Å². The smallest absolute Gasteiger partial charge is 0.302 e. The molecule has 0 amide bonds. The summed E-state index contributed by atoms with van der Waals surface area (Å²) in [6.45, 7) is 4.92. The topological polar surface area (TPSA) is 63.6 Å². The molecule has 0 aromatic carbocycles. The van der Waals surface area contributed by atoms with Gasteiger partial charge in [-0.3, -0.25) is 9.59 Å². The van der Waals surface area contributed by atoms with Gasteiger partial charge in [0.25, 0.3) is 0 Å². The second kappa shape index (κ2) is 15.7. The Morgan fingerprint density at radius 1 is 1.00 bits per heavy atom. The number of ether oxygens (including phenoxy) is 1. The number of unbranched alkanes of at least 4 members (excludes halogenated alkanes) is 9. The molecule has 0 unspecified atom stereocenters. The van der Waals surface area contributed by atoms with Gasteiger partial charge in [-0.2, -0.15) is 0 Å². The van der Waals surface area contributed by atoms with Crippen LogP contribution in [0, 0.1) is 0 Å². The van der Waals surface area contributed by atoms with E-state index in [2.05, 4.69) is 11.3 Å². The standard InChI is InChI=1S/C19H34O4/c1-3-4-5-6-7-8-9-10-11-12-13-14-18(21)15-19(22)16-23-17(2)20/h3,19,22H,1,4-16H2,2H3/t19-/m1/s1. The highest BCUT2D eigenvalue weighted by Gasteiger charge is 2.11. The highest BCUT2D eigenvalue weighted by Crippen LogP contribution is 2.12. The number of carbonyl (C=O) groups is 2. The number of hydrogen-bond acceptors (Lipinski definition) is 4. The summed E-state index contributed by atoms with van der Waals surface area (Å²) in [6, 6.07) is 0. The summed E-state index contributed by atoms with van der Waals surface area (Å²) in [5, 5.41) is 9.54. The molecule has 0 saturated carbocycles. The van der Waals surface area contributed by atoms with Crippen molar-refractivity contribution in [2.24, 2.45) is 0 Å². The minimum Gasteiger partial charge on any atom is -0.463 e. The zero-order valence-corrected chi connectivity index (χ0v) is 14.7. The summed E-state index contributed by atoms with van der Waals surface area (Å²) < 4.78 is 4.67. The normalized spacial score (nSPS) is 11.9. The van der Waals surface area contributed by atoms with Gasteiger partial charge in [0.1, 0.15) is 12.4 Å². The fourth-order valence-corrected chi connectivity index (χ4v) is 2.49. The molecule has 0 bridgehead atoms. The van der Waals surface area contributed by atoms with Gasteiger partial charge in [0.2, 0.25) is 0 Å². The molecule has 0 aliphatic carbocycles. The highest BCUT2D eigenvalue weighted by atomic mass is 16.5. The molecular formula is C19H34O4. The lowest BCUT2D eigenvalue weighted by molar-refractivity contribution is -0.145. The minimum absolute atomic E-state index is 0.0480. The molecule has 23 heavy (non-hydrogen) atoms. The largest absolute Gasteiger partial charge is 0.463 e. The van der Waals surface area contributed by atoms with Gasteiger partial charge in [0.05, 0.1) is 6.10 Å². The minimum atomic E-state index is -0.868. The van der Waals surface area contributed by atoms with Crippen molar-refractivity contribution in [3.63, 3.8) is 0 Å². The Morgan fingerprint density at radius 3 is 2.04 bits per heavy atom. The van der Waals surface area contributed by atoms with E-state index < -0.39 is 12.1 Å². The Bertz CT molecular complexity index is 325. The van der Waals surface area contributed by atoms with E-state index in [4.69, 9.17) is 0 Å². The lowest BCUT2D eigenvalue weighted by atomic mass is 10.0. The van der Waals surface area contributed by atoms with E-state index in [1.54, 1.807) is 0 Å². The second-order valence-electron chi connectivity index (χ2n) is 6.21. The van der Waals surface area contributed by atoms with Crippen molar-refractivity contribution < 1.29 is 19.4 Å². The average Bonchev–Trinajstić information content (AvgIpc) is 2.50. The van der Waals surface area contributed by atoms with Crippen LogP contribution in [0.2, 0.25) is 0 Å². The zero-order chi connectivity index (χ0) is 17.3. The van der Waals surface area contributed by atoms with Crippen LogP contribution in [0.1, 0.15) is 84.0 Å². The molecule has 0 aliphatic heterocycles. The van der Waals surface area contributed by atoms with E-state index in [-0.39, 0.29) is 18.8 Å². The third kappa shape index (κ3) is 17.0. The summed E-state index contributed by atoms with van der Waals surface area (Å²) in [7, 11) is 0. The van der Waals surface area contributed by atoms with Crippen molar-refractivity contribution in [3.8, 4) is 0 Å². The Morgan fingerprint density at radius 2 is 1.52 bits per heavy atom. The van der Waals surface area contributed by atoms with Gasteiger partial charge < -0.3 is 9.84 Å². The zero-order valence-electron chi connectivity index (χ0n) is 14.7. The van der Waals surface area contributed by atoms with Crippen molar-refractivity contribution >= 4 is 11.8 Å². The van der Waals surface area contributed by atoms with Gasteiger partial charge in [0, 0.05) is 19.8 Å². The number of rotatable bonds is 16. The molecule has 0 rings (SSSR count). The fourth-order valence-electron chi connectivity index (χ4n) is 2.49. The maximum Gasteiger partial charge on any atom is 0.302 e. The van der Waals surface area contributed by atoms with Gasteiger partial charge in [0.15, 0.2) is 0 Å². The van der Waals surface area contributed by atoms with E-state index in [0.717, 1.165) is 19.3 Å². The van der Waals surface area contributed by atoms with Crippen LogP contribution in [-0.4, -0.2) is 29.6 Å². The molecule has 4 nitrogen and oxygen atoms in total. The molecule has 0 saturated heterocycles. The molecular weight excluding hydrogens is 292 g/mol. The maximum atomic E-state index is 11.7. The first kappa shape index (κ1) is 21.8. The molecule has 0 radical (unpaired) electrons. The molecule has 0 fully saturated rings. The Hall–Kier alpha value is -1.16. The number of ketones is 1. The van der Waals surface area contributed by atoms with Crippen LogP contribution in [0.15, 0.2) is 12.7 Å². The van der Waals surface area contributed by atoms with Gasteiger partial charge in [-0.25, -0.2) is 0 Å². The van der Waals surface area contributed by atoms with Crippen LogP contribution < -0.4 is 0 Å². The first-order valence-corrected chi connectivity index (χ1v) is 9.00. The third-order valence-corrected chi connectivity index (χ3v) is 3.81. The van der Waals surface area contributed by atoms with Gasteiger partial charge in [-0.05, 0) is 19.3 Å². The lowest BCUT2D eigenvalue weighted by Gasteiger charge is -2.09. The molecule has 0 spiro atoms. The Balaban J connectivity index is 3.32. The molecule has 0 aromatic rings. The summed E-state index contributed by atoms with van der Waals surface area (Å²) in [6.07, 6.45) is 13.7. The van der Waals surface area contributed by atoms with Crippen molar-refractivity contribution in [3.05, 3.63) is 12.7 Å². The van der Waals surface area contributed by atoms with Crippen LogP contribution in [-0.2, 0) is 14.3 Å². The SMILES string of the molecule is C=CCCCCCCCCCCCC(=O)C[C@@H](O)COC(C)=O. The predicted molar refractivity (Wildman–Crippen MR) is 93.2 cm³/mol. The number of hydrogen-bond donors (Lipinski definition) is 1. The number of Topliss-reactive ketones (excluding diaryl/α,β-unsaturated/α-hetero) is 1. The van der Waals surface area contributed by atoms with E-state index in [1.807, 2.05) is 6.08 Å². The molecule has 4 heteroatoms. The van der Waals surface area contributed by atoms with Crippen LogP contribution >= 0.6 is 0 Å². The monoisotopic (exact) mass is 326 g/mol. The molecule has 0 heterocycles. The molecule has 0 aliphatic rings. The summed E-state index contributed by atoms with van der Waals surface area (Å²) >= 11 is 0. The summed E-state index contributed by atoms with van der Waals surface area (Å²) in [5.74, 6) is -0.385. The number of aliphatic hydroxyl groups excluding tert-OH is 1. The number of carbonyl (C=O) groups excluding carboxylic acids is 2. The lowest BCUT2D eigenvalue weighted by Crippen LogP contribution is -2.20. The van der Waals surface area contributed by atoms with Gasteiger partial charge in [-0.15, -0.1) is 6.58 Å². The van der Waals surface area contributed by atoms with Crippen molar-refractivity contribution in [2.75, 3.05) is 6.61 Å². The summed E-state index contributed by atoms with van der Waals surface area (Å²) in [5.41, 5.74) is 0. The fraction of sp³-hybridized carbons (Fsp3) is 0.789. The van der Waals surface area contributed by atoms with E-state index in [1.165, 1.54) is 51.9 Å². The first-order chi connectivity index (χ1) is 11.1. The van der Waals surface area contributed by atoms with Crippen LogP contribution in [0.3, 0.4) is 0 Å². The third-order valence-electron chi connectivity index (χ3n) is 3.81. The van der Waals surface area contributed by atoms with Crippen LogP contribution in [0.4, 0.5) is 0 Å². The summed E-state index contributed by atoms with van der Waals surface area (Å²) in [4.78, 5) is 22.2. The maximum absolute atomic E-state index is 11.7. The quantitative estimate of drug-likeness (QED) is 0.260. The van der Waals surface area contributed by atoms with Crippen LogP contribution in [0.25, 0.3) is 0 Å². The van der Waals surface area contributed by atoms with Crippen LogP contribution in [0.5, 0.6) is 0 Å². The van der Waals surface area contributed by atoms with Crippen molar-refractivity contribution in [1.29, 1.82) is 0 Å². The molecule has 1 N–H and O–H groups in total. The van der Waals surface area contributed by atoms with Gasteiger partial charge >= 0.3 is 5.97 Å². The highest BCUT2D eigenvalue weighted by molar-refractivity contribution is 5.78.